The highest BCUT2D eigenvalue weighted by Gasteiger charge is 2.13. The minimum Gasteiger partial charge on any atom is -0.437 e. The highest BCUT2D eigenvalue weighted by molar-refractivity contribution is 6.28. The van der Waals surface area contributed by atoms with Crippen LogP contribution in [0.2, 0.25) is 5.28 Å². The van der Waals surface area contributed by atoms with Crippen molar-refractivity contribution in [1.29, 1.82) is 0 Å². The van der Waals surface area contributed by atoms with E-state index in [4.69, 9.17) is 25.9 Å². The Labute approximate surface area is 131 Å². The number of hydrogen-bond acceptors (Lipinski definition) is 5. The summed E-state index contributed by atoms with van der Waals surface area (Å²) in [6, 6.07) is 11.5. The minimum atomic E-state index is 0.164. The molecule has 0 unspecified atom stereocenters. The van der Waals surface area contributed by atoms with Crippen LogP contribution in [0.4, 0.5) is 0 Å². The lowest BCUT2D eigenvalue weighted by Gasteiger charge is -2.07. The molecular formula is C15H12ClN3O3. The summed E-state index contributed by atoms with van der Waals surface area (Å²) in [5, 5.41) is 4.30. The Hall–Kier alpha value is -2.69. The van der Waals surface area contributed by atoms with Crippen molar-refractivity contribution in [2.75, 3.05) is 0 Å². The predicted molar refractivity (Wildman–Crippen MR) is 78.9 cm³/mol. The van der Waals surface area contributed by atoms with E-state index in [1.807, 2.05) is 42.6 Å². The fourth-order valence-corrected chi connectivity index (χ4v) is 2.14. The van der Waals surface area contributed by atoms with Crippen LogP contribution in [0.5, 0.6) is 11.6 Å². The van der Waals surface area contributed by atoms with Crippen LogP contribution >= 0.6 is 11.6 Å². The van der Waals surface area contributed by atoms with Crippen molar-refractivity contribution >= 4 is 23.3 Å². The average Bonchev–Trinajstić information content (AvgIpc) is 2.92. The lowest BCUT2D eigenvalue weighted by molar-refractivity contribution is -0.191. The number of nitrogens with zero attached hydrogens (tertiary/aromatic N) is 3. The Balaban J connectivity index is 0.000000545. The molecule has 22 heavy (non-hydrogen) atoms. The first kappa shape index (κ1) is 15.7. The molecule has 0 amide bonds. The molecule has 1 aromatic carbocycles. The van der Waals surface area contributed by atoms with Gasteiger partial charge >= 0.3 is 6.15 Å². The normalized spacial score (nSPS) is 9.73. The lowest BCUT2D eigenvalue weighted by atomic mass is 10.2. The van der Waals surface area contributed by atoms with Crippen LogP contribution in [0.1, 0.15) is 12.5 Å². The highest BCUT2D eigenvalue weighted by Crippen LogP contribution is 2.27. The first-order valence-electron chi connectivity index (χ1n) is 6.45. The van der Waals surface area contributed by atoms with E-state index in [1.165, 1.54) is 0 Å². The Bertz CT molecular complexity index is 796. The monoisotopic (exact) mass is 317 g/mol. The molecule has 2 aromatic heterocycles. The number of rotatable bonds is 3. The number of hydrogen-bond donors (Lipinski definition) is 0. The van der Waals surface area contributed by atoms with E-state index in [0.717, 1.165) is 23.3 Å². The number of halogens is 1. The molecule has 0 aliphatic carbocycles. The second-order valence-corrected chi connectivity index (χ2v) is 4.51. The summed E-state index contributed by atoms with van der Waals surface area (Å²) in [5.74, 6) is 1.20. The summed E-state index contributed by atoms with van der Waals surface area (Å²) in [4.78, 5) is 20.4. The van der Waals surface area contributed by atoms with E-state index in [9.17, 15) is 0 Å². The summed E-state index contributed by atoms with van der Waals surface area (Å²) in [6.07, 6.45) is 2.99. The number of benzene rings is 1. The fourth-order valence-electron chi connectivity index (χ4n) is 1.98. The van der Waals surface area contributed by atoms with E-state index < -0.39 is 0 Å². The Morgan fingerprint density at radius 1 is 1.23 bits per heavy atom. The zero-order valence-corrected chi connectivity index (χ0v) is 12.4. The number of fused-ring (bicyclic) bond motifs is 1. The summed E-state index contributed by atoms with van der Waals surface area (Å²) in [7, 11) is 0. The van der Waals surface area contributed by atoms with Gasteiger partial charge in [0.2, 0.25) is 11.2 Å². The first-order valence-corrected chi connectivity index (χ1v) is 6.83. The van der Waals surface area contributed by atoms with E-state index in [1.54, 1.807) is 4.52 Å². The molecule has 0 aliphatic rings. The zero-order valence-electron chi connectivity index (χ0n) is 11.7. The van der Waals surface area contributed by atoms with Crippen molar-refractivity contribution in [2.45, 2.75) is 13.3 Å². The molecule has 0 radical (unpaired) electrons. The van der Waals surface area contributed by atoms with Gasteiger partial charge in [0, 0.05) is 6.20 Å². The van der Waals surface area contributed by atoms with Gasteiger partial charge in [0.15, 0.2) is 0 Å². The summed E-state index contributed by atoms with van der Waals surface area (Å²) in [6.45, 7) is 2.08. The molecular weight excluding hydrogens is 306 g/mol. The maximum absolute atomic E-state index is 8.12. The number of para-hydroxylation sites is 1. The predicted octanol–water partition coefficient (Wildman–Crippen LogP) is 3.15. The molecule has 6 nitrogen and oxygen atoms in total. The molecule has 0 fully saturated rings. The van der Waals surface area contributed by atoms with Crippen molar-refractivity contribution in [2.24, 2.45) is 0 Å². The van der Waals surface area contributed by atoms with Crippen LogP contribution in [-0.4, -0.2) is 20.7 Å². The van der Waals surface area contributed by atoms with Crippen LogP contribution in [0.3, 0.4) is 0 Å². The first-order chi connectivity index (χ1) is 10.7. The molecule has 0 saturated carbocycles. The molecule has 0 spiro atoms. The third-order valence-electron chi connectivity index (χ3n) is 2.88. The van der Waals surface area contributed by atoms with Crippen LogP contribution in [0, 0.1) is 0 Å². The Kier molecular flexibility index (Phi) is 5.25. The molecule has 2 heterocycles. The van der Waals surface area contributed by atoms with Crippen LogP contribution in [0.15, 0.2) is 42.6 Å². The van der Waals surface area contributed by atoms with Crippen molar-refractivity contribution in [3.05, 3.63) is 53.4 Å². The maximum Gasteiger partial charge on any atom is 0.373 e. The van der Waals surface area contributed by atoms with Gasteiger partial charge in [0.05, 0.1) is 0 Å². The largest absolute Gasteiger partial charge is 0.437 e. The third-order valence-corrected chi connectivity index (χ3v) is 3.04. The van der Waals surface area contributed by atoms with Crippen molar-refractivity contribution in [3.8, 4) is 11.6 Å². The lowest BCUT2D eigenvalue weighted by Crippen LogP contribution is -1.99. The van der Waals surface area contributed by atoms with Gasteiger partial charge < -0.3 is 4.74 Å². The van der Waals surface area contributed by atoms with E-state index in [-0.39, 0.29) is 11.4 Å². The summed E-state index contributed by atoms with van der Waals surface area (Å²) < 4.78 is 7.52. The van der Waals surface area contributed by atoms with Gasteiger partial charge in [-0.25, -0.2) is 4.52 Å². The number of carbonyl (C=O) groups excluding carboxylic acids is 2. The molecule has 0 saturated heterocycles. The smallest absolute Gasteiger partial charge is 0.373 e. The van der Waals surface area contributed by atoms with Gasteiger partial charge in [-0.3, -0.25) is 0 Å². The van der Waals surface area contributed by atoms with Gasteiger partial charge in [-0.1, -0.05) is 25.1 Å². The van der Waals surface area contributed by atoms with Crippen molar-refractivity contribution < 1.29 is 14.3 Å². The van der Waals surface area contributed by atoms with E-state index in [0.29, 0.717) is 5.88 Å². The van der Waals surface area contributed by atoms with Gasteiger partial charge in [-0.05, 0) is 41.8 Å². The molecule has 7 heteroatoms. The number of ether oxygens (including phenoxy) is 1. The minimum absolute atomic E-state index is 0.164. The molecule has 112 valence electrons. The fraction of sp³-hybridized carbons (Fsp3) is 0.133. The summed E-state index contributed by atoms with van der Waals surface area (Å²) in [5.41, 5.74) is 1.98. The topological polar surface area (TPSA) is 73.6 Å². The van der Waals surface area contributed by atoms with Crippen molar-refractivity contribution in [3.63, 3.8) is 0 Å². The van der Waals surface area contributed by atoms with Crippen LogP contribution in [0.25, 0.3) is 5.52 Å². The summed E-state index contributed by atoms with van der Waals surface area (Å²) >= 11 is 5.92. The number of aromatic nitrogens is 3. The Morgan fingerprint density at radius 2 is 1.91 bits per heavy atom. The molecule has 3 rings (SSSR count). The molecule has 0 aliphatic heterocycles. The van der Waals surface area contributed by atoms with Gasteiger partial charge in [0.25, 0.3) is 0 Å². The number of aryl methyl sites for hydroxylation is 1. The Morgan fingerprint density at radius 3 is 2.55 bits per heavy atom. The molecule has 3 aromatic rings. The average molecular weight is 318 g/mol. The highest BCUT2D eigenvalue weighted by atomic mass is 35.5. The molecule has 0 atom stereocenters. The zero-order chi connectivity index (χ0) is 15.9. The standard InChI is InChI=1S/C14H12ClN3O.CO2/c1-2-10-8-9-18-12(10)13(16-14(15)17-18)19-11-6-4-3-5-7-11;2-1-3/h3-9H,2H2,1H3;. The second kappa shape index (κ2) is 7.36. The van der Waals surface area contributed by atoms with Gasteiger partial charge in [-0.2, -0.15) is 14.6 Å². The molecule has 0 N–H and O–H groups in total. The van der Waals surface area contributed by atoms with Crippen LogP contribution < -0.4 is 4.74 Å². The van der Waals surface area contributed by atoms with Gasteiger partial charge in [-0.15, -0.1) is 5.10 Å². The second-order valence-electron chi connectivity index (χ2n) is 4.17. The molecule has 0 bridgehead atoms. The van der Waals surface area contributed by atoms with Crippen molar-refractivity contribution in [1.82, 2.24) is 14.6 Å². The van der Waals surface area contributed by atoms with Crippen LogP contribution in [-0.2, 0) is 16.0 Å². The quantitative estimate of drug-likeness (QED) is 0.742. The van der Waals surface area contributed by atoms with E-state index >= 15 is 0 Å². The van der Waals surface area contributed by atoms with E-state index in [2.05, 4.69) is 17.0 Å². The van der Waals surface area contributed by atoms with Gasteiger partial charge in [0.1, 0.15) is 11.3 Å². The third kappa shape index (κ3) is 3.49. The SMILES string of the molecule is CCc1ccn2nc(Cl)nc(Oc3ccccc3)c12.O=C=O. The maximum atomic E-state index is 8.12.